The van der Waals surface area contributed by atoms with Crippen molar-refractivity contribution in [2.75, 3.05) is 37.4 Å². The minimum atomic E-state index is -3.46. The smallest absolute Gasteiger partial charge is 0.242 e. The maximum atomic E-state index is 12.6. The summed E-state index contributed by atoms with van der Waals surface area (Å²) >= 11 is 0. The fourth-order valence-corrected chi connectivity index (χ4v) is 4.26. The van der Waals surface area contributed by atoms with Crippen LogP contribution in [0.25, 0.3) is 0 Å². The van der Waals surface area contributed by atoms with E-state index in [0.717, 1.165) is 30.0 Å². The van der Waals surface area contributed by atoms with Crippen LogP contribution in [0, 0.1) is 0 Å². The fraction of sp³-hybridized carbons (Fsp3) is 0.381. The fourth-order valence-electron chi connectivity index (χ4n) is 3.36. The standard InChI is InChI=1S/C21H27N3O3S/c1-23(2)28(26,27)18-12-10-17(11-13-18)16-21(25)22-19-8-4-5-9-20(19)24-14-6-3-7-15-24/h4-5,8-13H,3,6-7,14-16H2,1-2H3,(H,22,25). The molecule has 2 aromatic rings. The van der Waals surface area contributed by atoms with Crippen LogP contribution in [0.2, 0.25) is 0 Å². The van der Waals surface area contributed by atoms with Crippen molar-refractivity contribution in [1.29, 1.82) is 0 Å². The number of carbonyl (C=O) groups excluding carboxylic acids is 1. The zero-order chi connectivity index (χ0) is 20.1. The average molecular weight is 402 g/mol. The average Bonchev–Trinajstić information content (AvgIpc) is 2.69. The van der Waals surface area contributed by atoms with Gasteiger partial charge in [-0.15, -0.1) is 0 Å². The first kappa shape index (κ1) is 20.4. The summed E-state index contributed by atoms with van der Waals surface area (Å²) in [6.07, 6.45) is 3.79. The number of hydrogen-bond donors (Lipinski definition) is 1. The van der Waals surface area contributed by atoms with Crippen LogP contribution < -0.4 is 10.2 Å². The third-order valence-electron chi connectivity index (χ3n) is 4.94. The summed E-state index contributed by atoms with van der Waals surface area (Å²) in [4.78, 5) is 15.1. The van der Waals surface area contributed by atoms with Crippen molar-refractivity contribution in [3.8, 4) is 0 Å². The summed E-state index contributed by atoms with van der Waals surface area (Å²) in [5.41, 5.74) is 2.65. The highest BCUT2D eigenvalue weighted by molar-refractivity contribution is 7.89. The van der Waals surface area contributed by atoms with Gasteiger partial charge >= 0.3 is 0 Å². The highest BCUT2D eigenvalue weighted by atomic mass is 32.2. The first-order chi connectivity index (χ1) is 13.4. The molecule has 1 aliphatic heterocycles. The summed E-state index contributed by atoms with van der Waals surface area (Å²) in [7, 11) is -0.468. The molecule has 0 aliphatic carbocycles. The Balaban J connectivity index is 1.68. The molecule has 1 saturated heterocycles. The Bertz CT molecular complexity index is 918. The SMILES string of the molecule is CN(C)S(=O)(=O)c1ccc(CC(=O)Nc2ccccc2N2CCCCC2)cc1. The van der Waals surface area contributed by atoms with Crippen molar-refractivity contribution in [2.24, 2.45) is 0 Å². The highest BCUT2D eigenvalue weighted by Crippen LogP contribution is 2.28. The van der Waals surface area contributed by atoms with E-state index < -0.39 is 10.0 Å². The van der Waals surface area contributed by atoms with Crippen LogP contribution in [0.3, 0.4) is 0 Å². The van der Waals surface area contributed by atoms with Crippen LogP contribution in [-0.4, -0.2) is 45.8 Å². The lowest BCUT2D eigenvalue weighted by Crippen LogP contribution is -2.30. The summed E-state index contributed by atoms with van der Waals surface area (Å²) in [6, 6.07) is 14.3. The van der Waals surface area contributed by atoms with E-state index in [4.69, 9.17) is 0 Å². The van der Waals surface area contributed by atoms with Gasteiger partial charge < -0.3 is 10.2 Å². The van der Waals surface area contributed by atoms with Gasteiger partial charge in [-0.2, -0.15) is 0 Å². The van der Waals surface area contributed by atoms with Gasteiger partial charge in [-0.05, 0) is 49.1 Å². The highest BCUT2D eigenvalue weighted by Gasteiger charge is 2.18. The molecule has 1 heterocycles. The molecule has 28 heavy (non-hydrogen) atoms. The second kappa shape index (κ2) is 8.75. The van der Waals surface area contributed by atoms with E-state index in [1.807, 2.05) is 24.3 Å². The number of rotatable bonds is 6. The molecule has 0 unspecified atom stereocenters. The predicted molar refractivity (Wildman–Crippen MR) is 112 cm³/mol. The molecule has 0 saturated carbocycles. The molecule has 1 N–H and O–H groups in total. The molecule has 1 amide bonds. The molecule has 6 nitrogen and oxygen atoms in total. The number of hydrogen-bond acceptors (Lipinski definition) is 4. The Kier molecular flexibility index (Phi) is 6.36. The first-order valence-corrected chi connectivity index (χ1v) is 11.0. The molecule has 7 heteroatoms. The summed E-state index contributed by atoms with van der Waals surface area (Å²) in [5, 5.41) is 3.01. The number of para-hydroxylation sites is 2. The zero-order valence-electron chi connectivity index (χ0n) is 16.4. The number of nitrogens with zero attached hydrogens (tertiary/aromatic N) is 2. The van der Waals surface area contributed by atoms with E-state index in [0.29, 0.717) is 0 Å². The van der Waals surface area contributed by atoms with Crippen molar-refractivity contribution in [3.63, 3.8) is 0 Å². The van der Waals surface area contributed by atoms with Gasteiger partial charge in [0.25, 0.3) is 0 Å². The number of nitrogens with one attached hydrogen (secondary N) is 1. The zero-order valence-corrected chi connectivity index (χ0v) is 17.2. The van der Waals surface area contributed by atoms with Gasteiger partial charge in [-0.1, -0.05) is 24.3 Å². The van der Waals surface area contributed by atoms with Crippen LogP contribution in [0.15, 0.2) is 53.4 Å². The Labute approximate surface area is 167 Å². The lowest BCUT2D eigenvalue weighted by Gasteiger charge is -2.30. The van der Waals surface area contributed by atoms with Crippen molar-refractivity contribution < 1.29 is 13.2 Å². The molecule has 0 atom stereocenters. The molecule has 0 aromatic heterocycles. The molecular weight excluding hydrogens is 374 g/mol. The molecule has 0 radical (unpaired) electrons. The van der Waals surface area contributed by atoms with Crippen LogP contribution in [0.1, 0.15) is 24.8 Å². The monoisotopic (exact) mass is 401 g/mol. The lowest BCUT2D eigenvalue weighted by molar-refractivity contribution is -0.115. The van der Waals surface area contributed by atoms with Gasteiger partial charge in [-0.3, -0.25) is 4.79 Å². The van der Waals surface area contributed by atoms with E-state index in [1.54, 1.807) is 24.3 Å². The van der Waals surface area contributed by atoms with Gasteiger partial charge in [0.1, 0.15) is 0 Å². The van der Waals surface area contributed by atoms with Gasteiger partial charge in [0.15, 0.2) is 0 Å². The van der Waals surface area contributed by atoms with Crippen molar-refractivity contribution in [1.82, 2.24) is 4.31 Å². The molecule has 1 fully saturated rings. The Morgan fingerprint density at radius 1 is 1.00 bits per heavy atom. The van der Waals surface area contributed by atoms with Crippen LogP contribution in [0.4, 0.5) is 11.4 Å². The van der Waals surface area contributed by atoms with Gasteiger partial charge in [0.05, 0.1) is 22.7 Å². The number of benzene rings is 2. The molecular formula is C21H27N3O3S. The number of carbonyl (C=O) groups is 1. The van der Waals surface area contributed by atoms with E-state index in [9.17, 15) is 13.2 Å². The second-order valence-electron chi connectivity index (χ2n) is 7.22. The molecule has 0 bridgehead atoms. The number of amides is 1. The maximum absolute atomic E-state index is 12.6. The summed E-state index contributed by atoms with van der Waals surface area (Å²) < 4.78 is 25.4. The van der Waals surface area contributed by atoms with E-state index in [-0.39, 0.29) is 17.2 Å². The Morgan fingerprint density at radius 3 is 2.29 bits per heavy atom. The molecule has 150 valence electrons. The Morgan fingerprint density at radius 2 is 1.64 bits per heavy atom. The number of piperidine rings is 1. The largest absolute Gasteiger partial charge is 0.370 e. The van der Waals surface area contributed by atoms with Crippen LogP contribution in [0.5, 0.6) is 0 Å². The molecule has 2 aromatic carbocycles. The summed E-state index contributed by atoms with van der Waals surface area (Å²) in [6.45, 7) is 2.02. The van der Waals surface area contributed by atoms with Crippen molar-refractivity contribution in [3.05, 3.63) is 54.1 Å². The van der Waals surface area contributed by atoms with Gasteiger partial charge in [-0.25, -0.2) is 12.7 Å². The van der Waals surface area contributed by atoms with E-state index >= 15 is 0 Å². The maximum Gasteiger partial charge on any atom is 0.242 e. The molecule has 3 rings (SSSR count). The third kappa shape index (κ3) is 4.72. The van der Waals surface area contributed by atoms with Crippen molar-refractivity contribution >= 4 is 27.3 Å². The lowest BCUT2D eigenvalue weighted by atomic mass is 10.1. The van der Waals surface area contributed by atoms with Crippen LogP contribution in [-0.2, 0) is 21.2 Å². The van der Waals surface area contributed by atoms with E-state index in [1.165, 1.54) is 37.7 Å². The minimum Gasteiger partial charge on any atom is -0.370 e. The topological polar surface area (TPSA) is 69.7 Å². The summed E-state index contributed by atoms with van der Waals surface area (Å²) in [5.74, 6) is -0.118. The van der Waals surface area contributed by atoms with Crippen molar-refractivity contribution in [2.45, 2.75) is 30.6 Å². The Hall–Kier alpha value is -2.38. The first-order valence-electron chi connectivity index (χ1n) is 9.53. The number of anilines is 2. The molecule has 0 spiro atoms. The second-order valence-corrected chi connectivity index (χ2v) is 9.37. The minimum absolute atomic E-state index is 0.118. The predicted octanol–water partition coefficient (Wildman–Crippen LogP) is 3.11. The number of sulfonamides is 1. The quantitative estimate of drug-likeness (QED) is 0.807. The van der Waals surface area contributed by atoms with Crippen LogP contribution >= 0.6 is 0 Å². The van der Waals surface area contributed by atoms with E-state index in [2.05, 4.69) is 10.2 Å². The van der Waals surface area contributed by atoms with Gasteiger partial charge in [0, 0.05) is 27.2 Å². The van der Waals surface area contributed by atoms with Gasteiger partial charge in [0.2, 0.25) is 15.9 Å². The normalized spacial score (nSPS) is 14.9. The molecule has 1 aliphatic rings. The third-order valence-corrected chi connectivity index (χ3v) is 6.77.